The number of aliphatic hydroxyl groups excluding tert-OH is 1. The molecule has 0 heterocycles. The Morgan fingerprint density at radius 1 is 1.10 bits per heavy atom. The second-order valence-electron chi connectivity index (χ2n) is 5.15. The summed E-state index contributed by atoms with van der Waals surface area (Å²) in [5, 5.41) is 9.75. The molecule has 1 atom stereocenters. The van der Waals surface area contributed by atoms with E-state index in [-0.39, 0.29) is 0 Å². The van der Waals surface area contributed by atoms with Crippen LogP contribution in [-0.2, 0) is 6.42 Å². The highest BCUT2D eigenvalue weighted by molar-refractivity contribution is 5.38. The summed E-state index contributed by atoms with van der Waals surface area (Å²) in [4.78, 5) is 0. The van der Waals surface area contributed by atoms with Crippen molar-refractivity contribution in [2.45, 2.75) is 32.8 Å². The van der Waals surface area contributed by atoms with Crippen molar-refractivity contribution in [1.29, 1.82) is 0 Å². The van der Waals surface area contributed by atoms with Crippen molar-refractivity contribution in [3.05, 3.63) is 65.2 Å². The SMILES string of the molecule is Cc1ccc([C@H](C)O)c(OCCCc2ccccc2)c1. The molecule has 2 aromatic rings. The van der Waals surface area contributed by atoms with Crippen LogP contribution in [0.4, 0.5) is 0 Å². The van der Waals surface area contributed by atoms with Crippen LogP contribution in [0.5, 0.6) is 5.75 Å². The van der Waals surface area contributed by atoms with Gasteiger partial charge in [-0.05, 0) is 43.9 Å². The Labute approximate surface area is 121 Å². The largest absolute Gasteiger partial charge is 0.493 e. The molecule has 0 radical (unpaired) electrons. The van der Waals surface area contributed by atoms with Gasteiger partial charge in [-0.3, -0.25) is 0 Å². The number of hydrogen-bond acceptors (Lipinski definition) is 2. The first-order chi connectivity index (χ1) is 9.66. The molecule has 0 unspecified atom stereocenters. The molecular weight excluding hydrogens is 248 g/mol. The van der Waals surface area contributed by atoms with Crippen molar-refractivity contribution in [2.75, 3.05) is 6.61 Å². The first kappa shape index (κ1) is 14.6. The summed E-state index contributed by atoms with van der Waals surface area (Å²) < 4.78 is 5.84. The predicted octanol–water partition coefficient (Wildman–Crippen LogP) is 4.06. The molecular formula is C18H22O2. The molecule has 2 nitrogen and oxygen atoms in total. The molecule has 2 rings (SSSR count). The Hall–Kier alpha value is -1.80. The van der Waals surface area contributed by atoms with E-state index < -0.39 is 6.10 Å². The molecule has 0 aliphatic heterocycles. The normalized spacial score (nSPS) is 12.2. The van der Waals surface area contributed by atoms with Crippen molar-refractivity contribution in [3.63, 3.8) is 0 Å². The number of ether oxygens (including phenoxy) is 1. The molecule has 0 saturated carbocycles. The summed E-state index contributed by atoms with van der Waals surface area (Å²) in [6, 6.07) is 16.3. The van der Waals surface area contributed by atoms with Crippen LogP contribution in [0, 0.1) is 6.92 Å². The fourth-order valence-corrected chi connectivity index (χ4v) is 2.21. The molecule has 0 aliphatic rings. The molecule has 0 aromatic heterocycles. The van der Waals surface area contributed by atoms with Crippen LogP contribution in [0.2, 0.25) is 0 Å². The maximum atomic E-state index is 9.75. The standard InChI is InChI=1S/C18H22O2/c1-14-10-11-17(15(2)19)18(13-14)20-12-6-9-16-7-4-3-5-8-16/h3-5,7-8,10-11,13,15,19H,6,9,12H2,1-2H3/t15-/m0/s1. The van der Waals surface area contributed by atoms with E-state index in [0.29, 0.717) is 6.61 Å². The average Bonchev–Trinajstić information content (AvgIpc) is 2.44. The van der Waals surface area contributed by atoms with Gasteiger partial charge in [-0.25, -0.2) is 0 Å². The Morgan fingerprint density at radius 3 is 2.55 bits per heavy atom. The van der Waals surface area contributed by atoms with Crippen molar-refractivity contribution in [2.24, 2.45) is 0 Å². The summed E-state index contributed by atoms with van der Waals surface area (Å²) in [5.74, 6) is 0.799. The molecule has 0 amide bonds. The summed E-state index contributed by atoms with van der Waals surface area (Å²) in [5.41, 5.74) is 3.33. The van der Waals surface area contributed by atoms with Gasteiger partial charge in [0.15, 0.2) is 0 Å². The van der Waals surface area contributed by atoms with Gasteiger partial charge < -0.3 is 9.84 Å². The summed E-state index contributed by atoms with van der Waals surface area (Å²) in [7, 11) is 0. The molecule has 20 heavy (non-hydrogen) atoms. The number of benzene rings is 2. The van der Waals surface area contributed by atoms with Gasteiger partial charge in [0, 0.05) is 5.56 Å². The van der Waals surface area contributed by atoms with E-state index in [1.54, 1.807) is 6.92 Å². The van der Waals surface area contributed by atoms with E-state index in [1.165, 1.54) is 5.56 Å². The van der Waals surface area contributed by atoms with Crippen molar-refractivity contribution >= 4 is 0 Å². The van der Waals surface area contributed by atoms with Crippen LogP contribution in [-0.4, -0.2) is 11.7 Å². The van der Waals surface area contributed by atoms with Crippen LogP contribution in [0.25, 0.3) is 0 Å². The number of aliphatic hydroxyl groups is 1. The zero-order valence-corrected chi connectivity index (χ0v) is 12.2. The monoisotopic (exact) mass is 270 g/mol. The van der Waals surface area contributed by atoms with E-state index in [9.17, 15) is 5.11 Å². The van der Waals surface area contributed by atoms with Gasteiger partial charge >= 0.3 is 0 Å². The third-order valence-electron chi connectivity index (χ3n) is 3.33. The van der Waals surface area contributed by atoms with Crippen LogP contribution in [0.1, 0.15) is 36.1 Å². The number of hydrogen-bond donors (Lipinski definition) is 1. The Kier molecular flexibility index (Phi) is 5.19. The number of rotatable bonds is 6. The van der Waals surface area contributed by atoms with Crippen LogP contribution < -0.4 is 4.74 Å². The highest BCUT2D eigenvalue weighted by Gasteiger charge is 2.09. The van der Waals surface area contributed by atoms with Crippen molar-refractivity contribution in [3.8, 4) is 5.75 Å². The average molecular weight is 270 g/mol. The molecule has 2 aromatic carbocycles. The predicted molar refractivity (Wildman–Crippen MR) is 82.1 cm³/mol. The van der Waals surface area contributed by atoms with E-state index in [4.69, 9.17) is 4.74 Å². The molecule has 0 fully saturated rings. The van der Waals surface area contributed by atoms with Gasteiger partial charge in [0.2, 0.25) is 0 Å². The minimum Gasteiger partial charge on any atom is -0.493 e. The van der Waals surface area contributed by atoms with Crippen molar-refractivity contribution in [1.82, 2.24) is 0 Å². The third kappa shape index (κ3) is 4.10. The molecule has 0 saturated heterocycles. The lowest BCUT2D eigenvalue weighted by atomic mass is 10.1. The Morgan fingerprint density at radius 2 is 1.85 bits per heavy atom. The molecule has 0 spiro atoms. The summed E-state index contributed by atoms with van der Waals surface area (Å²) in [6.07, 6.45) is 1.48. The lowest BCUT2D eigenvalue weighted by molar-refractivity contribution is 0.191. The smallest absolute Gasteiger partial charge is 0.125 e. The van der Waals surface area contributed by atoms with Gasteiger partial charge in [-0.1, -0.05) is 42.5 Å². The van der Waals surface area contributed by atoms with Gasteiger partial charge in [-0.2, -0.15) is 0 Å². The summed E-state index contributed by atoms with van der Waals surface area (Å²) in [6.45, 7) is 4.46. The summed E-state index contributed by atoms with van der Waals surface area (Å²) >= 11 is 0. The molecule has 0 aliphatic carbocycles. The fourth-order valence-electron chi connectivity index (χ4n) is 2.21. The first-order valence-electron chi connectivity index (χ1n) is 7.12. The zero-order chi connectivity index (χ0) is 14.4. The van der Waals surface area contributed by atoms with E-state index >= 15 is 0 Å². The highest BCUT2D eigenvalue weighted by Crippen LogP contribution is 2.26. The molecule has 106 valence electrons. The lowest BCUT2D eigenvalue weighted by Gasteiger charge is -2.14. The highest BCUT2D eigenvalue weighted by atomic mass is 16.5. The van der Waals surface area contributed by atoms with Crippen LogP contribution in [0.15, 0.2) is 48.5 Å². The van der Waals surface area contributed by atoms with Crippen LogP contribution >= 0.6 is 0 Å². The van der Waals surface area contributed by atoms with E-state index in [1.807, 2.05) is 31.2 Å². The second kappa shape index (κ2) is 7.11. The zero-order valence-electron chi connectivity index (χ0n) is 12.2. The van der Waals surface area contributed by atoms with Gasteiger partial charge in [-0.15, -0.1) is 0 Å². The van der Waals surface area contributed by atoms with Crippen molar-refractivity contribution < 1.29 is 9.84 Å². The number of aryl methyl sites for hydroxylation is 2. The second-order valence-corrected chi connectivity index (χ2v) is 5.15. The Balaban J connectivity index is 1.89. The molecule has 2 heteroatoms. The van der Waals surface area contributed by atoms with Gasteiger partial charge in [0.25, 0.3) is 0 Å². The molecule has 0 bridgehead atoms. The Bertz CT molecular complexity index is 532. The van der Waals surface area contributed by atoms with Gasteiger partial charge in [0.05, 0.1) is 12.7 Å². The lowest BCUT2D eigenvalue weighted by Crippen LogP contribution is -2.03. The van der Waals surface area contributed by atoms with Gasteiger partial charge in [0.1, 0.15) is 5.75 Å². The minimum atomic E-state index is -0.500. The molecule has 1 N–H and O–H groups in total. The third-order valence-corrected chi connectivity index (χ3v) is 3.33. The first-order valence-corrected chi connectivity index (χ1v) is 7.12. The maximum Gasteiger partial charge on any atom is 0.125 e. The quantitative estimate of drug-likeness (QED) is 0.802. The van der Waals surface area contributed by atoms with E-state index in [0.717, 1.165) is 29.7 Å². The van der Waals surface area contributed by atoms with E-state index in [2.05, 4.69) is 24.3 Å². The minimum absolute atomic E-state index is 0.500. The van der Waals surface area contributed by atoms with Crippen LogP contribution in [0.3, 0.4) is 0 Å². The fraction of sp³-hybridized carbons (Fsp3) is 0.333. The maximum absolute atomic E-state index is 9.75. The topological polar surface area (TPSA) is 29.5 Å².